The van der Waals surface area contributed by atoms with Crippen LogP contribution in [-0.2, 0) is 5.54 Å². The molecule has 0 bridgehead atoms. The van der Waals surface area contributed by atoms with E-state index in [2.05, 4.69) is 16.7 Å². The van der Waals surface area contributed by atoms with Crippen LogP contribution in [-0.4, -0.2) is 23.9 Å². The number of methoxy groups -OCH3 is 1. The minimum absolute atomic E-state index is 0.413. The van der Waals surface area contributed by atoms with Crippen molar-refractivity contribution in [1.29, 1.82) is 0 Å². The molecule has 2 N–H and O–H groups in total. The second-order valence-corrected chi connectivity index (χ2v) is 5.75. The molecule has 23 heavy (non-hydrogen) atoms. The first-order valence-corrected chi connectivity index (χ1v) is 7.71. The molecule has 6 nitrogen and oxygen atoms in total. The number of hydrogen-bond acceptors (Lipinski definition) is 6. The van der Waals surface area contributed by atoms with Crippen molar-refractivity contribution >= 4 is 0 Å². The first kappa shape index (κ1) is 15.6. The van der Waals surface area contributed by atoms with Gasteiger partial charge in [0.15, 0.2) is 17.3 Å². The highest BCUT2D eigenvalue weighted by Gasteiger charge is 2.36. The molecule has 0 radical (unpaired) electrons. The van der Waals surface area contributed by atoms with Crippen LogP contribution in [0, 0.1) is 0 Å². The molecule has 1 aliphatic carbocycles. The van der Waals surface area contributed by atoms with Crippen LogP contribution in [0.25, 0.3) is 11.5 Å². The predicted octanol–water partition coefficient (Wildman–Crippen LogP) is 3.04. The lowest BCUT2D eigenvalue weighted by molar-refractivity contribution is 0.326. The molecule has 2 aromatic rings. The van der Waals surface area contributed by atoms with E-state index in [1.807, 2.05) is 18.2 Å². The topological polar surface area (TPSA) is 83.4 Å². The number of ether oxygens (including phenoxy) is 2. The van der Waals surface area contributed by atoms with Gasteiger partial charge >= 0.3 is 0 Å². The third-order valence-corrected chi connectivity index (χ3v) is 4.13. The van der Waals surface area contributed by atoms with Gasteiger partial charge in [0, 0.05) is 5.56 Å². The van der Waals surface area contributed by atoms with Gasteiger partial charge in [-0.1, -0.05) is 30.7 Å². The van der Waals surface area contributed by atoms with Crippen LogP contribution in [0.4, 0.5) is 0 Å². The summed E-state index contributed by atoms with van der Waals surface area (Å²) in [4.78, 5) is 4.49. The molecule has 0 saturated heterocycles. The quantitative estimate of drug-likeness (QED) is 0.825. The molecule has 3 rings (SSSR count). The van der Waals surface area contributed by atoms with Gasteiger partial charge in [0.25, 0.3) is 5.89 Å². The van der Waals surface area contributed by atoms with Crippen LogP contribution < -0.4 is 15.2 Å². The highest BCUT2D eigenvalue weighted by Crippen LogP contribution is 2.36. The van der Waals surface area contributed by atoms with Gasteiger partial charge in [0.05, 0.1) is 12.6 Å². The zero-order valence-electron chi connectivity index (χ0n) is 13.2. The van der Waals surface area contributed by atoms with E-state index in [1.54, 1.807) is 13.2 Å². The maximum Gasteiger partial charge on any atom is 0.258 e. The summed E-state index contributed by atoms with van der Waals surface area (Å²) in [7, 11) is 1.59. The number of nitrogens with zero attached hydrogens (tertiary/aromatic N) is 2. The molecule has 1 fully saturated rings. The standard InChI is InChI=1S/C17H21N3O3/c1-3-10-22-13-7-6-12(11-14(13)21-2)15-19-16(20-23-15)17(18)8-4-5-9-17/h3,6-7,11H,1,4-5,8-10,18H2,2H3. The molecule has 1 aromatic carbocycles. The number of aromatic nitrogens is 2. The number of nitrogens with two attached hydrogens (primary N) is 1. The SMILES string of the molecule is C=CCOc1ccc(-c2nc(C3(N)CCCC3)no2)cc1OC. The highest BCUT2D eigenvalue weighted by molar-refractivity contribution is 5.59. The monoisotopic (exact) mass is 315 g/mol. The van der Waals surface area contributed by atoms with E-state index in [9.17, 15) is 0 Å². The molecule has 1 aliphatic rings. The average molecular weight is 315 g/mol. The third kappa shape index (κ3) is 3.07. The second-order valence-electron chi connectivity index (χ2n) is 5.75. The Hall–Kier alpha value is -2.34. The van der Waals surface area contributed by atoms with Crippen LogP contribution in [0.3, 0.4) is 0 Å². The Kier molecular flexibility index (Phi) is 4.34. The maximum absolute atomic E-state index is 6.37. The lowest BCUT2D eigenvalue weighted by Crippen LogP contribution is -2.34. The summed E-state index contributed by atoms with van der Waals surface area (Å²) in [6, 6.07) is 5.49. The van der Waals surface area contributed by atoms with Gasteiger partial charge < -0.3 is 19.7 Å². The highest BCUT2D eigenvalue weighted by atomic mass is 16.5. The summed E-state index contributed by atoms with van der Waals surface area (Å²) in [5.41, 5.74) is 6.68. The van der Waals surface area contributed by atoms with E-state index in [1.165, 1.54) is 0 Å². The van der Waals surface area contributed by atoms with E-state index < -0.39 is 5.54 Å². The average Bonchev–Trinajstić information content (AvgIpc) is 3.23. The lowest BCUT2D eigenvalue weighted by atomic mass is 9.99. The molecule has 0 atom stereocenters. The maximum atomic E-state index is 6.37. The van der Waals surface area contributed by atoms with Crippen molar-refractivity contribution in [1.82, 2.24) is 10.1 Å². The zero-order valence-corrected chi connectivity index (χ0v) is 13.2. The molecule has 0 amide bonds. The number of hydrogen-bond donors (Lipinski definition) is 1. The van der Waals surface area contributed by atoms with Crippen LogP contribution in [0.1, 0.15) is 31.5 Å². The summed E-state index contributed by atoms with van der Waals surface area (Å²) in [6.45, 7) is 4.05. The second kappa shape index (κ2) is 6.42. The Morgan fingerprint density at radius 3 is 2.83 bits per heavy atom. The van der Waals surface area contributed by atoms with Gasteiger partial charge in [-0.05, 0) is 31.0 Å². The van der Waals surface area contributed by atoms with Crippen LogP contribution in [0.15, 0.2) is 35.4 Å². The fourth-order valence-electron chi connectivity index (χ4n) is 2.84. The molecular weight excluding hydrogens is 294 g/mol. The van der Waals surface area contributed by atoms with Crippen LogP contribution >= 0.6 is 0 Å². The predicted molar refractivity (Wildman–Crippen MR) is 86.3 cm³/mol. The van der Waals surface area contributed by atoms with E-state index in [-0.39, 0.29) is 0 Å². The summed E-state index contributed by atoms with van der Waals surface area (Å²) in [5.74, 6) is 2.26. The first-order valence-electron chi connectivity index (χ1n) is 7.71. The molecule has 1 heterocycles. The molecule has 1 aromatic heterocycles. The summed E-state index contributed by atoms with van der Waals surface area (Å²) < 4.78 is 16.3. The number of rotatable bonds is 6. The molecule has 0 spiro atoms. The number of benzene rings is 1. The van der Waals surface area contributed by atoms with Gasteiger partial charge in [-0.3, -0.25) is 0 Å². The molecular formula is C17H21N3O3. The van der Waals surface area contributed by atoms with Crippen molar-refractivity contribution in [2.75, 3.05) is 13.7 Å². The van der Waals surface area contributed by atoms with E-state index in [0.29, 0.717) is 29.8 Å². The van der Waals surface area contributed by atoms with Crippen molar-refractivity contribution in [3.8, 4) is 23.0 Å². The normalized spacial score (nSPS) is 16.3. The fraction of sp³-hybridized carbons (Fsp3) is 0.412. The van der Waals surface area contributed by atoms with Crippen molar-refractivity contribution in [2.24, 2.45) is 5.73 Å². The third-order valence-electron chi connectivity index (χ3n) is 4.13. The largest absolute Gasteiger partial charge is 0.493 e. The van der Waals surface area contributed by atoms with Crippen molar-refractivity contribution in [2.45, 2.75) is 31.2 Å². The zero-order chi connectivity index (χ0) is 16.3. The van der Waals surface area contributed by atoms with Gasteiger partial charge in [0.2, 0.25) is 0 Å². The van der Waals surface area contributed by atoms with Crippen molar-refractivity contribution < 1.29 is 14.0 Å². The Morgan fingerprint density at radius 2 is 2.13 bits per heavy atom. The molecule has 0 unspecified atom stereocenters. The minimum Gasteiger partial charge on any atom is -0.493 e. The van der Waals surface area contributed by atoms with Gasteiger partial charge in [-0.15, -0.1) is 0 Å². The van der Waals surface area contributed by atoms with Gasteiger partial charge in [0.1, 0.15) is 6.61 Å². The molecule has 0 aliphatic heterocycles. The lowest BCUT2D eigenvalue weighted by Gasteiger charge is -2.17. The van der Waals surface area contributed by atoms with Gasteiger partial charge in [-0.25, -0.2) is 0 Å². The first-order chi connectivity index (χ1) is 11.2. The van der Waals surface area contributed by atoms with Crippen LogP contribution in [0.5, 0.6) is 11.5 Å². The fourth-order valence-corrected chi connectivity index (χ4v) is 2.84. The molecule has 6 heteroatoms. The van der Waals surface area contributed by atoms with E-state index >= 15 is 0 Å². The summed E-state index contributed by atoms with van der Waals surface area (Å²) >= 11 is 0. The Labute approximate surface area is 135 Å². The smallest absolute Gasteiger partial charge is 0.258 e. The Balaban J connectivity index is 1.87. The van der Waals surface area contributed by atoms with Crippen molar-refractivity contribution in [3.63, 3.8) is 0 Å². The van der Waals surface area contributed by atoms with Crippen molar-refractivity contribution in [3.05, 3.63) is 36.7 Å². The molecule has 122 valence electrons. The summed E-state index contributed by atoms with van der Waals surface area (Å²) in [6.07, 6.45) is 5.67. The van der Waals surface area contributed by atoms with Gasteiger partial charge in [-0.2, -0.15) is 4.98 Å². The minimum atomic E-state index is -0.459. The molecule has 1 saturated carbocycles. The van der Waals surface area contributed by atoms with E-state index in [4.69, 9.17) is 19.7 Å². The van der Waals surface area contributed by atoms with Crippen LogP contribution in [0.2, 0.25) is 0 Å². The van der Waals surface area contributed by atoms with E-state index in [0.717, 1.165) is 31.2 Å². The summed E-state index contributed by atoms with van der Waals surface area (Å²) in [5, 5.41) is 4.08. The Morgan fingerprint density at radius 1 is 1.35 bits per heavy atom. The Bertz CT molecular complexity index is 690.